The minimum atomic E-state index is 0. The molecule has 0 radical (unpaired) electrons. The molecule has 0 aliphatic rings. The van der Waals surface area contributed by atoms with Gasteiger partial charge in [-0.3, -0.25) is 0 Å². The number of hydrogen-bond acceptors (Lipinski definition) is 2. The Hall–Kier alpha value is -0.293. The molecule has 56 valence electrons. The zero-order valence-corrected chi connectivity index (χ0v) is 7.42. The maximum absolute atomic E-state index is 5.17. The van der Waals surface area contributed by atoms with Gasteiger partial charge in [-0.15, -0.1) is 6.07 Å². The fourth-order valence-corrected chi connectivity index (χ4v) is 0.793. The Morgan fingerprint density at radius 1 is 1.55 bits per heavy atom. The Labute approximate surface area is 79.7 Å². The van der Waals surface area contributed by atoms with Gasteiger partial charge >= 0.3 is 18.9 Å². The SMILES string of the molecule is [CH2-]c1ccoc1CN(C)C.[Li+]. The molecule has 0 unspecified atom stereocenters. The van der Waals surface area contributed by atoms with Crippen LogP contribution in [0.25, 0.3) is 0 Å². The van der Waals surface area contributed by atoms with Crippen LogP contribution in [0.1, 0.15) is 11.3 Å². The summed E-state index contributed by atoms with van der Waals surface area (Å²) in [7, 11) is 4.00. The summed E-state index contributed by atoms with van der Waals surface area (Å²) in [4.78, 5) is 2.05. The summed E-state index contributed by atoms with van der Waals surface area (Å²) in [6.45, 7) is 4.64. The smallest absolute Gasteiger partial charge is 0.538 e. The maximum atomic E-state index is 5.17. The third-order valence-electron chi connectivity index (χ3n) is 1.30. The first-order valence-electron chi connectivity index (χ1n) is 3.23. The second-order valence-electron chi connectivity index (χ2n) is 2.61. The van der Waals surface area contributed by atoms with Crippen molar-refractivity contribution in [3.63, 3.8) is 0 Å². The molecular weight excluding hydrogens is 133 g/mol. The van der Waals surface area contributed by atoms with Crippen molar-refractivity contribution in [2.24, 2.45) is 0 Å². The molecule has 0 saturated carbocycles. The van der Waals surface area contributed by atoms with Crippen molar-refractivity contribution in [2.75, 3.05) is 14.1 Å². The summed E-state index contributed by atoms with van der Waals surface area (Å²) in [5.41, 5.74) is 0.980. The molecule has 0 spiro atoms. The molecular formula is C8H12LiNO. The number of rotatable bonds is 2. The van der Waals surface area contributed by atoms with Gasteiger partial charge in [0, 0.05) is 18.6 Å². The molecule has 0 amide bonds. The van der Waals surface area contributed by atoms with E-state index in [1.165, 1.54) is 0 Å². The van der Waals surface area contributed by atoms with Crippen LogP contribution >= 0.6 is 0 Å². The number of furan rings is 1. The molecule has 0 bridgehead atoms. The van der Waals surface area contributed by atoms with Crippen LogP contribution in [0, 0.1) is 6.92 Å². The molecule has 1 aromatic heterocycles. The van der Waals surface area contributed by atoms with E-state index in [1.807, 2.05) is 25.1 Å². The van der Waals surface area contributed by atoms with Crippen LogP contribution in [0.4, 0.5) is 0 Å². The van der Waals surface area contributed by atoms with Crippen molar-refractivity contribution < 1.29 is 23.3 Å². The average Bonchev–Trinajstić information content (AvgIpc) is 2.15. The Bertz CT molecular complexity index is 208. The summed E-state index contributed by atoms with van der Waals surface area (Å²) in [5.74, 6) is 0.949. The van der Waals surface area contributed by atoms with Crippen LogP contribution in [0.3, 0.4) is 0 Å². The number of hydrogen-bond donors (Lipinski definition) is 0. The number of nitrogens with zero attached hydrogens (tertiary/aromatic N) is 1. The standard InChI is InChI=1S/C8H12NO.Li/c1-7-4-5-10-8(7)6-9(2)3;/h4-5H,1,6H2,2-3H3;/q-1;+1. The van der Waals surface area contributed by atoms with Gasteiger partial charge in [-0.2, -0.15) is 12.5 Å². The molecule has 0 aliphatic heterocycles. The molecule has 3 heteroatoms. The molecule has 0 saturated heterocycles. The van der Waals surface area contributed by atoms with Gasteiger partial charge in [-0.1, -0.05) is 0 Å². The quantitative estimate of drug-likeness (QED) is 0.373. The van der Waals surface area contributed by atoms with Gasteiger partial charge in [0.15, 0.2) is 0 Å². The summed E-state index contributed by atoms with van der Waals surface area (Å²) < 4.78 is 5.17. The minimum Gasteiger partial charge on any atom is -0.538 e. The van der Waals surface area contributed by atoms with Crippen LogP contribution in [0.15, 0.2) is 16.7 Å². The van der Waals surface area contributed by atoms with Crippen LogP contribution in [-0.4, -0.2) is 19.0 Å². The molecule has 1 rings (SSSR count). The molecule has 11 heavy (non-hydrogen) atoms. The van der Waals surface area contributed by atoms with Crippen molar-refractivity contribution in [2.45, 2.75) is 6.54 Å². The van der Waals surface area contributed by atoms with Crippen LogP contribution in [-0.2, 0) is 6.54 Å². The first-order valence-corrected chi connectivity index (χ1v) is 3.23. The maximum Gasteiger partial charge on any atom is 1.00 e. The molecule has 1 aromatic rings. The predicted octanol–water partition coefficient (Wildman–Crippen LogP) is -1.47. The van der Waals surface area contributed by atoms with Crippen LogP contribution in [0.5, 0.6) is 0 Å². The van der Waals surface area contributed by atoms with Crippen LogP contribution in [0.2, 0.25) is 0 Å². The van der Waals surface area contributed by atoms with Crippen molar-refractivity contribution in [1.29, 1.82) is 0 Å². The third-order valence-corrected chi connectivity index (χ3v) is 1.30. The van der Waals surface area contributed by atoms with E-state index < -0.39 is 0 Å². The van der Waals surface area contributed by atoms with Crippen molar-refractivity contribution in [3.8, 4) is 0 Å². The van der Waals surface area contributed by atoms with Gasteiger partial charge < -0.3 is 9.32 Å². The van der Waals surface area contributed by atoms with Crippen molar-refractivity contribution in [3.05, 3.63) is 30.6 Å². The van der Waals surface area contributed by atoms with E-state index >= 15 is 0 Å². The fourth-order valence-electron chi connectivity index (χ4n) is 0.793. The summed E-state index contributed by atoms with van der Waals surface area (Å²) >= 11 is 0. The Balaban J connectivity index is 0.000001000. The van der Waals surface area contributed by atoms with Gasteiger partial charge in [0.2, 0.25) is 0 Å². The molecule has 0 atom stereocenters. The van der Waals surface area contributed by atoms with Gasteiger partial charge in [-0.05, 0) is 14.1 Å². The van der Waals surface area contributed by atoms with Crippen LogP contribution < -0.4 is 18.9 Å². The average molecular weight is 145 g/mol. The van der Waals surface area contributed by atoms with E-state index in [0.29, 0.717) is 0 Å². The third kappa shape index (κ3) is 3.07. The molecule has 0 aromatic carbocycles. The largest absolute Gasteiger partial charge is 1.00 e. The van der Waals surface area contributed by atoms with Gasteiger partial charge in [-0.25, -0.2) is 0 Å². The predicted molar refractivity (Wildman–Crippen MR) is 40.6 cm³/mol. The Morgan fingerprint density at radius 3 is 2.55 bits per heavy atom. The van der Waals surface area contributed by atoms with E-state index in [0.717, 1.165) is 17.9 Å². The monoisotopic (exact) mass is 145 g/mol. The van der Waals surface area contributed by atoms with Crippen molar-refractivity contribution >= 4 is 0 Å². The van der Waals surface area contributed by atoms with E-state index in [-0.39, 0.29) is 18.9 Å². The van der Waals surface area contributed by atoms with E-state index in [2.05, 4.69) is 6.92 Å². The molecule has 0 N–H and O–H groups in total. The Kier molecular flexibility index (Phi) is 4.44. The molecule has 0 fully saturated rings. The second-order valence-corrected chi connectivity index (χ2v) is 2.61. The first kappa shape index (κ1) is 10.7. The zero-order chi connectivity index (χ0) is 7.56. The van der Waals surface area contributed by atoms with E-state index in [4.69, 9.17) is 4.42 Å². The molecule has 1 heterocycles. The molecule has 0 aliphatic carbocycles. The van der Waals surface area contributed by atoms with E-state index in [9.17, 15) is 0 Å². The first-order chi connectivity index (χ1) is 4.70. The van der Waals surface area contributed by atoms with Gasteiger partial charge in [0.25, 0.3) is 0 Å². The minimum absolute atomic E-state index is 0. The zero-order valence-electron chi connectivity index (χ0n) is 7.42. The summed E-state index contributed by atoms with van der Waals surface area (Å²) in [6.07, 6.45) is 1.67. The normalized spacial score (nSPS) is 9.73. The van der Waals surface area contributed by atoms with Crippen molar-refractivity contribution in [1.82, 2.24) is 4.90 Å². The summed E-state index contributed by atoms with van der Waals surface area (Å²) in [5, 5.41) is 0. The van der Waals surface area contributed by atoms with E-state index in [1.54, 1.807) is 6.26 Å². The van der Waals surface area contributed by atoms with Gasteiger partial charge in [0.1, 0.15) is 0 Å². The molecule has 2 nitrogen and oxygen atoms in total. The summed E-state index contributed by atoms with van der Waals surface area (Å²) in [6, 6.07) is 1.87. The van der Waals surface area contributed by atoms with Gasteiger partial charge in [0.05, 0.1) is 0 Å². The topological polar surface area (TPSA) is 16.4 Å². The fraction of sp³-hybridized carbons (Fsp3) is 0.375. The Morgan fingerprint density at radius 2 is 2.18 bits per heavy atom. The second kappa shape index (κ2) is 4.56.